The molecule has 4 aromatic rings. The summed E-state index contributed by atoms with van der Waals surface area (Å²) in [5.74, 6) is -0.252. The second-order valence-corrected chi connectivity index (χ2v) is 10.6. The lowest BCUT2D eigenvalue weighted by molar-refractivity contribution is -0.123. The first kappa shape index (κ1) is 22.2. The average Bonchev–Trinajstić information content (AvgIpc) is 3.29. The van der Waals surface area contributed by atoms with Gasteiger partial charge in [-0.15, -0.1) is 0 Å². The van der Waals surface area contributed by atoms with Gasteiger partial charge in [-0.3, -0.25) is 14.5 Å². The molecule has 2 amide bonds. The molecular formula is C26H18Br2N2O2S. The Morgan fingerprint density at radius 3 is 2.06 bits per heavy atom. The van der Waals surface area contributed by atoms with E-state index in [2.05, 4.69) is 60.8 Å². The second-order valence-electron chi connectivity index (χ2n) is 7.75. The standard InChI is InChI=1S/C26H18Br2N2O2S/c27-20-9-5-17(6-10-20)14-29-16-19(22-3-1-2-4-23(22)29)13-24-25(31)30(26(32)33-24)15-18-7-11-21(28)12-8-18/h1-13,16H,14-15H2/b24-13-. The van der Waals surface area contributed by atoms with Gasteiger partial charge in [0, 0.05) is 38.2 Å². The van der Waals surface area contributed by atoms with Crippen molar-refractivity contribution in [3.63, 3.8) is 0 Å². The monoisotopic (exact) mass is 580 g/mol. The van der Waals surface area contributed by atoms with E-state index < -0.39 is 0 Å². The van der Waals surface area contributed by atoms with Crippen molar-refractivity contribution in [2.75, 3.05) is 0 Å². The minimum Gasteiger partial charge on any atom is -0.342 e. The number of carbonyl (C=O) groups is 2. The quantitative estimate of drug-likeness (QED) is 0.230. The number of imide groups is 1. The van der Waals surface area contributed by atoms with Crippen molar-refractivity contribution in [2.45, 2.75) is 13.1 Å². The van der Waals surface area contributed by atoms with Gasteiger partial charge in [0.25, 0.3) is 11.1 Å². The number of hydrogen-bond acceptors (Lipinski definition) is 3. The molecule has 1 aromatic heterocycles. The average molecular weight is 582 g/mol. The summed E-state index contributed by atoms with van der Waals surface area (Å²) in [6.07, 6.45) is 3.89. The van der Waals surface area contributed by atoms with Crippen molar-refractivity contribution >= 4 is 71.7 Å². The number of halogens is 2. The summed E-state index contributed by atoms with van der Waals surface area (Å²) in [6, 6.07) is 24.0. The second kappa shape index (κ2) is 9.33. The van der Waals surface area contributed by atoms with Crippen LogP contribution in [0.3, 0.4) is 0 Å². The Kier molecular flexibility index (Phi) is 6.27. The maximum atomic E-state index is 13.1. The molecule has 0 radical (unpaired) electrons. The molecule has 1 aliphatic rings. The third kappa shape index (κ3) is 4.71. The topological polar surface area (TPSA) is 42.3 Å². The first-order valence-corrected chi connectivity index (χ1v) is 12.7. The fourth-order valence-corrected chi connectivity index (χ4v) is 5.22. The molecule has 3 aromatic carbocycles. The van der Waals surface area contributed by atoms with Gasteiger partial charge in [0.2, 0.25) is 0 Å². The van der Waals surface area contributed by atoms with Crippen molar-refractivity contribution < 1.29 is 9.59 Å². The van der Waals surface area contributed by atoms with Crippen LogP contribution in [0.4, 0.5) is 4.79 Å². The maximum absolute atomic E-state index is 13.1. The molecule has 2 heterocycles. The van der Waals surface area contributed by atoms with E-state index in [1.54, 1.807) is 0 Å². The van der Waals surface area contributed by atoms with Gasteiger partial charge in [-0.1, -0.05) is 74.3 Å². The van der Waals surface area contributed by atoms with Gasteiger partial charge in [0.15, 0.2) is 0 Å². The molecule has 5 rings (SSSR count). The number of fused-ring (bicyclic) bond motifs is 1. The molecule has 33 heavy (non-hydrogen) atoms. The SMILES string of the molecule is O=C1S/C(=C\c2cn(Cc3ccc(Br)cc3)c3ccccc23)C(=O)N1Cc1ccc(Br)cc1. The third-order valence-corrected chi connectivity index (χ3v) is 7.46. The van der Waals surface area contributed by atoms with Gasteiger partial charge in [-0.25, -0.2) is 0 Å². The molecule has 1 aliphatic heterocycles. The smallest absolute Gasteiger partial charge is 0.293 e. The van der Waals surface area contributed by atoms with Crippen LogP contribution in [0.15, 0.2) is 92.8 Å². The van der Waals surface area contributed by atoms with Crippen LogP contribution in [0.25, 0.3) is 17.0 Å². The minimum atomic E-state index is -0.252. The zero-order valence-electron chi connectivity index (χ0n) is 17.4. The highest BCUT2D eigenvalue weighted by Crippen LogP contribution is 2.35. The van der Waals surface area contributed by atoms with Crippen molar-refractivity contribution in [1.29, 1.82) is 0 Å². The number of carbonyl (C=O) groups excluding carboxylic acids is 2. The van der Waals surface area contributed by atoms with E-state index in [0.717, 1.165) is 42.7 Å². The van der Waals surface area contributed by atoms with Crippen LogP contribution in [-0.2, 0) is 17.9 Å². The summed E-state index contributed by atoms with van der Waals surface area (Å²) >= 11 is 7.89. The van der Waals surface area contributed by atoms with E-state index in [9.17, 15) is 9.59 Å². The molecule has 0 aliphatic carbocycles. The Morgan fingerprint density at radius 2 is 1.39 bits per heavy atom. The minimum absolute atomic E-state index is 0.243. The normalized spacial score (nSPS) is 15.2. The summed E-state index contributed by atoms with van der Waals surface area (Å²) in [7, 11) is 0. The molecule has 0 atom stereocenters. The van der Waals surface area contributed by atoms with Gasteiger partial charge in [0.05, 0.1) is 11.4 Å². The number of amides is 2. The number of rotatable bonds is 5. The molecule has 0 saturated carbocycles. The number of nitrogens with zero attached hydrogens (tertiary/aromatic N) is 2. The number of para-hydroxylation sites is 1. The highest BCUT2D eigenvalue weighted by atomic mass is 79.9. The summed E-state index contributed by atoms with van der Waals surface area (Å²) in [4.78, 5) is 27.4. The predicted molar refractivity (Wildman–Crippen MR) is 141 cm³/mol. The van der Waals surface area contributed by atoms with E-state index >= 15 is 0 Å². The van der Waals surface area contributed by atoms with E-state index in [1.165, 1.54) is 10.5 Å². The lowest BCUT2D eigenvalue weighted by atomic mass is 10.1. The highest BCUT2D eigenvalue weighted by Gasteiger charge is 2.35. The Morgan fingerprint density at radius 1 is 0.788 bits per heavy atom. The van der Waals surface area contributed by atoms with Crippen LogP contribution in [0, 0.1) is 0 Å². The van der Waals surface area contributed by atoms with Crippen LogP contribution >= 0.6 is 43.6 Å². The summed E-state index contributed by atoms with van der Waals surface area (Å²) in [6.45, 7) is 0.979. The molecule has 4 nitrogen and oxygen atoms in total. The molecule has 0 N–H and O–H groups in total. The number of thioether (sulfide) groups is 1. The Bertz CT molecular complexity index is 1390. The number of benzene rings is 3. The van der Waals surface area contributed by atoms with Crippen molar-refractivity contribution in [3.05, 3.63) is 110 Å². The summed E-state index contributed by atoms with van der Waals surface area (Å²) in [5, 5.41) is 0.807. The van der Waals surface area contributed by atoms with Crippen molar-refractivity contribution in [3.8, 4) is 0 Å². The maximum Gasteiger partial charge on any atom is 0.293 e. The highest BCUT2D eigenvalue weighted by molar-refractivity contribution is 9.10. The Balaban J connectivity index is 1.45. The van der Waals surface area contributed by atoms with Gasteiger partial charge < -0.3 is 4.57 Å². The fraction of sp³-hybridized carbons (Fsp3) is 0.0769. The van der Waals surface area contributed by atoms with E-state index in [1.807, 2.05) is 60.7 Å². The van der Waals surface area contributed by atoms with Gasteiger partial charge in [-0.05, 0) is 59.3 Å². The fourth-order valence-electron chi connectivity index (χ4n) is 3.86. The van der Waals surface area contributed by atoms with Gasteiger partial charge >= 0.3 is 0 Å². The zero-order chi connectivity index (χ0) is 22.9. The molecule has 1 fully saturated rings. The third-order valence-electron chi connectivity index (χ3n) is 5.50. The Hall–Kier alpha value is -2.61. The first-order chi connectivity index (χ1) is 16.0. The van der Waals surface area contributed by atoms with Crippen LogP contribution < -0.4 is 0 Å². The predicted octanol–water partition coefficient (Wildman–Crippen LogP) is 7.45. The largest absolute Gasteiger partial charge is 0.342 e. The lowest BCUT2D eigenvalue weighted by Crippen LogP contribution is -2.27. The van der Waals surface area contributed by atoms with Crippen molar-refractivity contribution in [2.24, 2.45) is 0 Å². The molecular weight excluding hydrogens is 564 g/mol. The molecule has 164 valence electrons. The molecule has 0 unspecified atom stereocenters. The van der Waals surface area contributed by atoms with Crippen LogP contribution in [-0.4, -0.2) is 20.6 Å². The van der Waals surface area contributed by atoms with Crippen molar-refractivity contribution in [1.82, 2.24) is 9.47 Å². The Labute approximate surface area is 212 Å². The zero-order valence-corrected chi connectivity index (χ0v) is 21.4. The van der Waals surface area contributed by atoms with E-state index in [0.29, 0.717) is 11.4 Å². The van der Waals surface area contributed by atoms with Crippen LogP contribution in [0.5, 0.6) is 0 Å². The number of hydrogen-bond donors (Lipinski definition) is 0. The summed E-state index contributed by atoms with van der Waals surface area (Å²) < 4.78 is 4.18. The molecule has 7 heteroatoms. The van der Waals surface area contributed by atoms with Crippen LogP contribution in [0.1, 0.15) is 16.7 Å². The van der Waals surface area contributed by atoms with Crippen LogP contribution in [0.2, 0.25) is 0 Å². The van der Waals surface area contributed by atoms with E-state index in [-0.39, 0.29) is 17.7 Å². The van der Waals surface area contributed by atoms with Gasteiger partial charge in [0.1, 0.15) is 0 Å². The first-order valence-electron chi connectivity index (χ1n) is 10.3. The lowest BCUT2D eigenvalue weighted by Gasteiger charge is -2.12. The molecule has 1 saturated heterocycles. The molecule has 0 spiro atoms. The van der Waals surface area contributed by atoms with Gasteiger partial charge in [-0.2, -0.15) is 0 Å². The summed E-state index contributed by atoms with van der Waals surface area (Å²) in [5.41, 5.74) is 4.10. The number of aromatic nitrogens is 1. The molecule has 0 bridgehead atoms. The van der Waals surface area contributed by atoms with E-state index in [4.69, 9.17) is 0 Å².